The molecule has 4 atom stereocenters. The Hall–Kier alpha value is -1.16. The summed E-state index contributed by atoms with van der Waals surface area (Å²) in [6, 6.07) is 7.23. The average molecular weight is 390 g/mol. The van der Waals surface area contributed by atoms with Gasteiger partial charge in [-0.25, -0.2) is 0 Å². The standard InChI is InChI=1S/C20H24BrNO2/c1-13(23)16-3-2-4-17(6-16)22-18(24)11-19-7-14-5-15(8-19)10-20(21,9-14)12-19/h2-4,6,14-15H,5,7-12H2,1H3,(H,22,24)/t14-,15+,19?,20?. The van der Waals surface area contributed by atoms with Gasteiger partial charge in [-0.05, 0) is 74.8 Å². The Bertz CT molecular complexity index is 685. The highest BCUT2D eigenvalue weighted by atomic mass is 79.9. The number of carbonyl (C=O) groups excluding carboxylic acids is 2. The minimum Gasteiger partial charge on any atom is -0.326 e. The first-order chi connectivity index (χ1) is 11.3. The number of halogens is 1. The molecule has 4 bridgehead atoms. The predicted octanol–water partition coefficient (Wildman–Crippen LogP) is 4.95. The first kappa shape index (κ1) is 16.3. The molecule has 0 aromatic heterocycles. The topological polar surface area (TPSA) is 46.2 Å². The van der Waals surface area contributed by atoms with Gasteiger partial charge in [-0.2, -0.15) is 0 Å². The van der Waals surface area contributed by atoms with E-state index in [1.807, 2.05) is 12.1 Å². The zero-order valence-electron chi connectivity index (χ0n) is 14.1. The second-order valence-corrected chi connectivity index (χ2v) is 10.2. The van der Waals surface area contributed by atoms with Gasteiger partial charge in [-0.3, -0.25) is 9.59 Å². The molecule has 128 valence electrons. The second kappa shape index (κ2) is 5.69. The van der Waals surface area contributed by atoms with Gasteiger partial charge in [0.2, 0.25) is 5.91 Å². The number of hydrogen-bond acceptors (Lipinski definition) is 2. The van der Waals surface area contributed by atoms with Crippen molar-refractivity contribution >= 4 is 33.3 Å². The minimum atomic E-state index is 0.0217. The van der Waals surface area contributed by atoms with Crippen LogP contribution in [0.2, 0.25) is 0 Å². The third-order valence-corrected chi connectivity index (χ3v) is 7.13. The Kier molecular flexibility index (Phi) is 3.87. The van der Waals surface area contributed by atoms with Crippen molar-refractivity contribution in [1.82, 2.24) is 0 Å². The maximum absolute atomic E-state index is 12.7. The summed E-state index contributed by atoms with van der Waals surface area (Å²) in [4.78, 5) is 24.2. The molecule has 0 spiro atoms. The van der Waals surface area contributed by atoms with Gasteiger partial charge in [0.25, 0.3) is 0 Å². The fourth-order valence-corrected chi connectivity index (χ4v) is 7.41. The molecule has 4 heteroatoms. The van der Waals surface area contributed by atoms with E-state index in [9.17, 15) is 9.59 Å². The SMILES string of the molecule is CC(=O)c1cccc(NC(=O)CC23C[C@@H]4C[C@@H](CC(Br)(C4)C2)C3)c1. The zero-order valence-corrected chi connectivity index (χ0v) is 15.7. The van der Waals surface area contributed by atoms with Gasteiger partial charge in [0.15, 0.2) is 5.78 Å². The Morgan fingerprint density at radius 1 is 1.21 bits per heavy atom. The van der Waals surface area contributed by atoms with Crippen molar-refractivity contribution in [2.45, 2.75) is 56.2 Å². The van der Waals surface area contributed by atoms with Crippen molar-refractivity contribution in [1.29, 1.82) is 0 Å². The van der Waals surface area contributed by atoms with Gasteiger partial charge in [-0.1, -0.05) is 28.1 Å². The molecule has 1 amide bonds. The van der Waals surface area contributed by atoms with Crippen molar-refractivity contribution in [2.75, 3.05) is 5.32 Å². The summed E-state index contributed by atoms with van der Waals surface area (Å²) in [5.41, 5.74) is 1.54. The van der Waals surface area contributed by atoms with Crippen LogP contribution in [0.15, 0.2) is 24.3 Å². The number of ketones is 1. The maximum atomic E-state index is 12.7. The van der Waals surface area contributed by atoms with Crippen LogP contribution in [0.1, 0.15) is 62.2 Å². The van der Waals surface area contributed by atoms with E-state index < -0.39 is 0 Å². The summed E-state index contributed by atoms with van der Waals surface area (Å²) >= 11 is 4.01. The van der Waals surface area contributed by atoms with E-state index in [1.54, 1.807) is 19.1 Å². The highest BCUT2D eigenvalue weighted by molar-refractivity contribution is 9.10. The van der Waals surface area contributed by atoms with Crippen molar-refractivity contribution < 1.29 is 9.59 Å². The number of rotatable bonds is 4. The summed E-state index contributed by atoms with van der Waals surface area (Å²) in [7, 11) is 0. The van der Waals surface area contributed by atoms with Crippen LogP contribution in [0.5, 0.6) is 0 Å². The lowest BCUT2D eigenvalue weighted by molar-refractivity contribution is -0.123. The molecule has 2 unspecified atom stereocenters. The number of amides is 1. The van der Waals surface area contributed by atoms with Crippen LogP contribution in [-0.4, -0.2) is 16.0 Å². The molecule has 0 saturated heterocycles. The Labute approximate surface area is 151 Å². The number of Topliss-reactive ketones (excluding diaryl/α,β-unsaturated/α-hetero) is 1. The number of nitrogens with one attached hydrogen (secondary N) is 1. The Balaban J connectivity index is 1.47. The molecule has 24 heavy (non-hydrogen) atoms. The largest absolute Gasteiger partial charge is 0.326 e. The quantitative estimate of drug-likeness (QED) is 0.584. The molecule has 0 heterocycles. The molecule has 4 aliphatic rings. The Morgan fingerprint density at radius 3 is 2.54 bits per heavy atom. The van der Waals surface area contributed by atoms with Gasteiger partial charge < -0.3 is 5.32 Å². The third kappa shape index (κ3) is 3.05. The predicted molar refractivity (Wildman–Crippen MR) is 98.5 cm³/mol. The van der Waals surface area contributed by atoms with Gasteiger partial charge in [0.05, 0.1) is 0 Å². The summed E-state index contributed by atoms with van der Waals surface area (Å²) < 4.78 is 0.284. The fraction of sp³-hybridized carbons (Fsp3) is 0.600. The van der Waals surface area contributed by atoms with Crippen molar-refractivity contribution in [3.8, 4) is 0 Å². The fourth-order valence-electron chi connectivity index (χ4n) is 5.90. The first-order valence-corrected chi connectivity index (χ1v) is 9.74. The van der Waals surface area contributed by atoms with Crippen LogP contribution in [0.25, 0.3) is 0 Å². The third-order valence-electron chi connectivity index (χ3n) is 6.20. The van der Waals surface area contributed by atoms with Crippen molar-refractivity contribution in [3.63, 3.8) is 0 Å². The molecular weight excluding hydrogens is 366 g/mol. The molecule has 4 fully saturated rings. The lowest BCUT2D eigenvalue weighted by atomic mass is 9.48. The van der Waals surface area contributed by atoms with Crippen LogP contribution in [0, 0.1) is 17.3 Å². The summed E-state index contributed by atoms with van der Waals surface area (Å²) in [5.74, 6) is 1.70. The number of benzene rings is 1. The van der Waals surface area contributed by atoms with Crippen LogP contribution in [0.4, 0.5) is 5.69 Å². The number of alkyl halides is 1. The van der Waals surface area contributed by atoms with Crippen LogP contribution >= 0.6 is 15.9 Å². The molecule has 4 saturated carbocycles. The van der Waals surface area contributed by atoms with Crippen LogP contribution in [-0.2, 0) is 4.79 Å². The summed E-state index contributed by atoms with van der Waals surface area (Å²) in [5, 5.41) is 3.02. The second-order valence-electron chi connectivity index (χ2n) is 8.47. The maximum Gasteiger partial charge on any atom is 0.224 e. The molecular formula is C20H24BrNO2. The van der Waals surface area contributed by atoms with Crippen LogP contribution in [0.3, 0.4) is 0 Å². The van der Waals surface area contributed by atoms with Crippen molar-refractivity contribution in [2.24, 2.45) is 17.3 Å². The Morgan fingerprint density at radius 2 is 1.92 bits per heavy atom. The molecule has 1 aromatic carbocycles. The van der Waals surface area contributed by atoms with E-state index in [2.05, 4.69) is 21.2 Å². The summed E-state index contributed by atoms with van der Waals surface area (Å²) in [6.07, 6.45) is 8.08. The molecule has 0 aliphatic heterocycles. The number of anilines is 1. The summed E-state index contributed by atoms with van der Waals surface area (Å²) in [6.45, 7) is 1.55. The van der Waals surface area contributed by atoms with E-state index in [1.165, 1.54) is 32.1 Å². The van der Waals surface area contributed by atoms with Crippen LogP contribution < -0.4 is 5.32 Å². The molecule has 0 radical (unpaired) electrons. The van der Waals surface area contributed by atoms with Gasteiger partial charge >= 0.3 is 0 Å². The molecule has 1 aromatic rings. The van der Waals surface area contributed by atoms with E-state index in [0.29, 0.717) is 12.0 Å². The molecule has 1 N–H and O–H groups in total. The monoisotopic (exact) mass is 389 g/mol. The van der Waals surface area contributed by atoms with Gasteiger partial charge in [-0.15, -0.1) is 0 Å². The molecule has 4 aliphatic carbocycles. The average Bonchev–Trinajstić information content (AvgIpc) is 2.43. The number of hydrogen-bond donors (Lipinski definition) is 1. The normalized spacial score (nSPS) is 36.6. The van der Waals surface area contributed by atoms with Crippen molar-refractivity contribution in [3.05, 3.63) is 29.8 Å². The van der Waals surface area contributed by atoms with E-state index in [4.69, 9.17) is 0 Å². The van der Waals surface area contributed by atoms with Gasteiger partial charge in [0.1, 0.15) is 0 Å². The lowest BCUT2D eigenvalue weighted by Gasteiger charge is -2.60. The number of carbonyl (C=O) groups is 2. The smallest absolute Gasteiger partial charge is 0.224 e. The van der Waals surface area contributed by atoms with E-state index in [0.717, 1.165) is 23.9 Å². The van der Waals surface area contributed by atoms with Gasteiger partial charge in [0, 0.05) is 22.0 Å². The highest BCUT2D eigenvalue weighted by Crippen LogP contribution is 2.65. The lowest BCUT2D eigenvalue weighted by Crippen LogP contribution is -2.53. The van der Waals surface area contributed by atoms with E-state index >= 15 is 0 Å². The molecule has 3 nitrogen and oxygen atoms in total. The first-order valence-electron chi connectivity index (χ1n) is 8.95. The van der Waals surface area contributed by atoms with E-state index in [-0.39, 0.29) is 21.4 Å². The molecule has 5 rings (SSSR count). The highest BCUT2D eigenvalue weighted by Gasteiger charge is 2.57. The minimum absolute atomic E-state index is 0.0217. The zero-order chi connectivity index (χ0) is 16.9.